The van der Waals surface area contributed by atoms with E-state index in [1.807, 2.05) is 0 Å². The number of hydrogen-bond donors (Lipinski definition) is 1. The van der Waals surface area contributed by atoms with E-state index in [0.29, 0.717) is 6.54 Å². The summed E-state index contributed by atoms with van der Waals surface area (Å²) in [5.41, 5.74) is -0.768. The van der Waals surface area contributed by atoms with Gasteiger partial charge in [-0.2, -0.15) is 5.26 Å². The number of nitriles is 1. The van der Waals surface area contributed by atoms with Gasteiger partial charge < -0.3 is 10.1 Å². The molecule has 0 atom stereocenters. The molecule has 1 amide bonds. The Hall–Kier alpha value is -1.12. The summed E-state index contributed by atoms with van der Waals surface area (Å²) in [6, 6.07) is 2.31. The Balaban J connectivity index is 1.71. The molecule has 0 bridgehead atoms. The molecular formula is C16H27N3O2. The van der Waals surface area contributed by atoms with Crippen LogP contribution in [0.3, 0.4) is 0 Å². The number of nitrogens with zero attached hydrogens (tertiary/aromatic N) is 2. The van der Waals surface area contributed by atoms with Crippen molar-refractivity contribution in [2.24, 2.45) is 5.41 Å². The summed E-state index contributed by atoms with van der Waals surface area (Å²) in [4.78, 5) is 14.8. The molecule has 21 heavy (non-hydrogen) atoms. The molecule has 118 valence electrons. The van der Waals surface area contributed by atoms with Crippen molar-refractivity contribution < 1.29 is 9.53 Å². The van der Waals surface area contributed by atoms with E-state index in [0.717, 1.165) is 77.8 Å². The van der Waals surface area contributed by atoms with Crippen LogP contribution in [0.1, 0.15) is 44.9 Å². The smallest absolute Gasteiger partial charge is 0.240 e. The van der Waals surface area contributed by atoms with Gasteiger partial charge >= 0.3 is 0 Å². The fourth-order valence-corrected chi connectivity index (χ4v) is 3.22. The van der Waals surface area contributed by atoms with Crippen LogP contribution in [0.4, 0.5) is 0 Å². The van der Waals surface area contributed by atoms with Crippen LogP contribution in [-0.2, 0) is 9.53 Å². The minimum atomic E-state index is -0.768. The van der Waals surface area contributed by atoms with Gasteiger partial charge in [0.25, 0.3) is 0 Å². The number of rotatable bonds is 5. The van der Waals surface area contributed by atoms with Crippen LogP contribution in [0.2, 0.25) is 0 Å². The predicted molar refractivity (Wildman–Crippen MR) is 80.6 cm³/mol. The lowest BCUT2D eigenvalue weighted by Gasteiger charge is -2.27. The van der Waals surface area contributed by atoms with Gasteiger partial charge in [-0.1, -0.05) is 25.7 Å². The first-order chi connectivity index (χ1) is 10.3. The van der Waals surface area contributed by atoms with Crippen molar-refractivity contribution in [3.8, 4) is 6.07 Å². The van der Waals surface area contributed by atoms with E-state index in [1.165, 1.54) is 0 Å². The summed E-state index contributed by atoms with van der Waals surface area (Å²) in [5, 5.41) is 12.5. The maximum Gasteiger partial charge on any atom is 0.240 e. The quantitative estimate of drug-likeness (QED) is 0.619. The van der Waals surface area contributed by atoms with Crippen LogP contribution < -0.4 is 5.32 Å². The van der Waals surface area contributed by atoms with E-state index in [-0.39, 0.29) is 5.91 Å². The van der Waals surface area contributed by atoms with Crippen LogP contribution in [0.15, 0.2) is 0 Å². The number of carbonyl (C=O) groups excluding carboxylic acids is 1. The van der Waals surface area contributed by atoms with E-state index in [4.69, 9.17) is 4.74 Å². The second kappa shape index (κ2) is 8.35. The van der Waals surface area contributed by atoms with E-state index in [2.05, 4.69) is 16.3 Å². The molecule has 0 aromatic heterocycles. The second-order valence-corrected chi connectivity index (χ2v) is 6.17. The van der Waals surface area contributed by atoms with Crippen molar-refractivity contribution in [2.75, 3.05) is 39.4 Å². The van der Waals surface area contributed by atoms with E-state index in [9.17, 15) is 10.1 Å². The SMILES string of the molecule is N#CC1(C(=O)NCCCN2CCOCC2)CCCCCC1. The van der Waals surface area contributed by atoms with Crippen molar-refractivity contribution in [3.05, 3.63) is 0 Å². The van der Waals surface area contributed by atoms with Crippen LogP contribution in [0.5, 0.6) is 0 Å². The van der Waals surface area contributed by atoms with Crippen LogP contribution >= 0.6 is 0 Å². The highest BCUT2D eigenvalue weighted by Gasteiger charge is 2.38. The third kappa shape index (κ3) is 4.69. The van der Waals surface area contributed by atoms with Gasteiger partial charge in [-0.3, -0.25) is 9.69 Å². The molecule has 1 aliphatic carbocycles. The summed E-state index contributed by atoms with van der Waals surface area (Å²) in [6.07, 6.45) is 6.66. The Morgan fingerprint density at radius 3 is 2.48 bits per heavy atom. The standard InChI is InChI=1S/C16H27N3O2/c17-14-16(6-3-1-2-4-7-16)15(20)18-8-5-9-19-10-12-21-13-11-19/h1-13H2,(H,18,20). The Morgan fingerprint density at radius 2 is 1.86 bits per heavy atom. The minimum Gasteiger partial charge on any atom is -0.379 e. The lowest BCUT2D eigenvalue weighted by atomic mass is 9.81. The van der Waals surface area contributed by atoms with E-state index < -0.39 is 5.41 Å². The normalized spacial score (nSPS) is 23.0. The third-order valence-electron chi connectivity index (χ3n) is 4.65. The van der Waals surface area contributed by atoms with Gasteiger partial charge in [0.1, 0.15) is 5.41 Å². The average molecular weight is 293 g/mol. The molecule has 1 saturated carbocycles. The highest BCUT2D eigenvalue weighted by molar-refractivity contribution is 5.85. The van der Waals surface area contributed by atoms with Gasteiger partial charge in [0.15, 0.2) is 0 Å². The fraction of sp³-hybridized carbons (Fsp3) is 0.875. The number of amides is 1. The van der Waals surface area contributed by atoms with Gasteiger partial charge in [-0.05, 0) is 25.8 Å². The van der Waals surface area contributed by atoms with Gasteiger partial charge in [0.05, 0.1) is 19.3 Å². The first-order valence-electron chi connectivity index (χ1n) is 8.26. The van der Waals surface area contributed by atoms with E-state index in [1.54, 1.807) is 0 Å². The summed E-state index contributed by atoms with van der Waals surface area (Å²) >= 11 is 0. The van der Waals surface area contributed by atoms with Gasteiger partial charge in [0, 0.05) is 19.6 Å². The van der Waals surface area contributed by atoms with Gasteiger partial charge in [-0.15, -0.1) is 0 Å². The molecule has 2 rings (SSSR count). The molecule has 0 aromatic carbocycles. The molecule has 1 heterocycles. The highest BCUT2D eigenvalue weighted by atomic mass is 16.5. The third-order valence-corrected chi connectivity index (χ3v) is 4.65. The molecular weight excluding hydrogens is 266 g/mol. The summed E-state index contributed by atoms with van der Waals surface area (Å²) < 4.78 is 5.32. The molecule has 0 radical (unpaired) electrons. The highest BCUT2D eigenvalue weighted by Crippen LogP contribution is 2.34. The number of hydrogen-bond acceptors (Lipinski definition) is 4. The molecule has 5 nitrogen and oxygen atoms in total. The number of morpholine rings is 1. The monoisotopic (exact) mass is 293 g/mol. The molecule has 0 aromatic rings. The van der Waals surface area contributed by atoms with Crippen molar-refractivity contribution in [2.45, 2.75) is 44.9 Å². The molecule has 2 fully saturated rings. The molecule has 0 spiro atoms. The number of carbonyl (C=O) groups is 1. The Bertz CT molecular complexity index is 364. The zero-order chi connectivity index (χ0) is 15.0. The van der Waals surface area contributed by atoms with Gasteiger partial charge in [-0.25, -0.2) is 0 Å². The Morgan fingerprint density at radius 1 is 1.19 bits per heavy atom. The zero-order valence-corrected chi connectivity index (χ0v) is 12.9. The molecule has 2 aliphatic rings. The molecule has 5 heteroatoms. The summed E-state index contributed by atoms with van der Waals surface area (Å²) in [6.45, 7) is 5.24. The predicted octanol–water partition coefficient (Wildman–Crippen LogP) is 1.69. The second-order valence-electron chi connectivity index (χ2n) is 6.17. The summed E-state index contributed by atoms with van der Waals surface area (Å²) in [7, 11) is 0. The average Bonchev–Trinajstić information content (AvgIpc) is 2.79. The lowest BCUT2D eigenvalue weighted by molar-refractivity contribution is -0.128. The Kier molecular flexibility index (Phi) is 6.47. The first kappa shape index (κ1) is 16.3. The topological polar surface area (TPSA) is 65.4 Å². The fourth-order valence-electron chi connectivity index (χ4n) is 3.22. The first-order valence-corrected chi connectivity index (χ1v) is 8.26. The maximum atomic E-state index is 12.4. The minimum absolute atomic E-state index is 0.0473. The van der Waals surface area contributed by atoms with Crippen LogP contribution in [0, 0.1) is 16.7 Å². The van der Waals surface area contributed by atoms with Crippen molar-refractivity contribution in [1.29, 1.82) is 5.26 Å². The molecule has 1 aliphatic heterocycles. The Labute approximate surface area is 127 Å². The van der Waals surface area contributed by atoms with Crippen LogP contribution in [-0.4, -0.2) is 50.2 Å². The molecule has 0 unspecified atom stereocenters. The van der Waals surface area contributed by atoms with Crippen molar-refractivity contribution in [3.63, 3.8) is 0 Å². The lowest BCUT2D eigenvalue weighted by Crippen LogP contribution is -2.42. The molecule has 1 N–H and O–H groups in total. The van der Waals surface area contributed by atoms with Crippen LogP contribution in [0.25, 0.3) is 0 Å². The number of nitrogens with one attached hydrogen (secondary N) is 1. The number of ether oxygens (including phenoxy) is 1. The van der Waals surface area contributed by atoms with Crippen molar-refractivity contribution >= 4 is 5.91 Å². The summed E-state index contributed by atoms with van der Waals surface area (Å²) in [5.74, 6) is -0.0473. The zero-order valence-electron chi connectivity index (χ0n) is 12.9. The molecule has 1 saturated heterocycles. The largest absolute Gasteiger partial charge is 0.379 e. The van der Waals surface area contributed by atoms with E-state index >= 15 is 0 Å². The van der Waals surface area contributed by atoms with Crippen molar-refractivity contribution in [1.82, 2.24) is 10.2 Å². The maximum absolute atomic E-state index is 12.4. The van der Waals surface area contributed by atoms with Gasteiger partial charge in [0.2, 0.25) is 5.91 Å².